The molecule has 2 bridgehead atoms. The van der Waals surface area contributed by atoms with Crippen LogP contribution in [0.4, 0.5) is 0 Å². The summed E-state index contributed by atoms with van der Waals surface area (Å²) in [5, 5.41) is 10.7. The Labute approximate surface area is 115 Å². The fourth-order valence-electron chi connectivity index (χ4n) is 3.19. The maximum absolute atomic E-state index is 10.7. The molecule has 0 amide bonds. The lowest BCUT2D eigenvalue weighted by atomic mass is 9.79. The summed E-state index contributed by atoms with van der Waals surface area (Å²) in [6.45, 7) is 3.47. The van der Waals surface area contributed by atoms with Gasteiger partial charge in [0.25, 0.3) is 0 Å². The third-order valence-corrected chi connectivity index (χ3v) is 4.37. The molecule has 0 aliphatic carbocycles. The predicted molar refractivity (Wildman–Crippen MR) is 72.3 cm³/mol. The van der Waals surface area contributed by atoms with Gasteiger partial charge in [0.15, 0.2) is 0 Å². The number of fused-ring (bicyclic) bond motifs is 2. The summed E-state index contributed by atoms with van der Waals surface area (Å²) in [4.78, 5) is 2.37. The highest BCUT2D eigenvalue weighted by atomic mass is 16.5. The molecule has 2 fully saturated rings. The first-order valence-electron chi connectivity index (χ1n) is 7.23. The number of ether oxygens (including phenoxy) is 3. The quantitative estimate of drug-likeness (QED) is 0.690. The van der Waals surface area contributed by atoms with Gasteiger partial charge >= 0.3 is 0 Å². The number of rotatable bonds is 7. The molecule has 2 rings (SSSR count). The molecule has 0 aromatic heterocycles. The number of morpholine rings is 1. The largest absolute Gasteiger partial charge is 0.390 e. The van der Waals surface area contributed by atoms with Crippen LogP contribution in [0.2, 0.25) is 0 Å². The molecule has 5 heteroatoms. The number of aliphatic hydroxyl groups is 1. The fourth-order valence-corrected chi connectivity index (χ4v) is 3.19. The van der Waals surface area contributed by atoms with Crippen molar-refractivity contribution in [1.29, 1.82) is 0 Å². The Kier molecular flexibility index (Phi) is 5.59. The summed E-state index contributed by atoms with van der Waals surface area (Å²) >= 11 is 0. The van der Waals surface area contributed by atoms with E-state index in [9.17, 15) is 5.11 Å². The molecule has 1 N–H and O–H groups in total. The van der Waals surface area contributed by atoms with Gasteiger partial charge in [0.2, 0.25) is 0 Å². The molecule has 19 heavy (non-hydrogen) atoms. The Hall–Kier alpha value is -0.200. The second kappa shape index (κ2) is 6.99. The highest BCUT2D eigenvalue weighted by molar-refractivity contribution is 4.97. The van der Waals surface area contributed by atoms with Crippen LogP contribution in [0.5, 0.6) is 0 Å². The fraction of sp³-hybridized carbons (Fsp3) is 1.00. The van der Waals surface area contributed by atoms with Gasteiger partial charge < -0.3 is 19.3 Å². The maximum atomic E-state index is 10.7. The van der Waals surface area contributed by atoms with Gasteiger partial charge in [-0.3, -0.25) is 4.90 Å². The van der Waals surface area contributed by atoms with Crippen LogP contribution in [0.1, 0.15) is 25.7 Å². The summed E-state index contributed by atoms with van der Waals surface area (Å²) < 4.78 is 16.0. The molecule has 2 saturated heterocycles. The normalized spacial score (nSPS) is 35.5. The molecule has 112 valence electrons. The topological polar surface area (TPSA) is 51.2 Å². The molecule has 0 saturated carbocycles. The summed E-state index contributed by atoms with van der Waals surface area (Å²) in [5.41, 5.74) is -0.532. The first-order valence-corrected chi connectivity index (χ1v) is 7.23. The average Bonchev–Trinajstić information content (AvgIpc) is 2.36. The van der Waals surface area contributed by atoms with Crippen molar-refractivity contribution in [3.05, 3.63) is 0 Å². The van der Waals surface area contributed by atoms with E-state index in [-0.39, 0.29) is 0 Å². The van der Waals surface area contributed by atoms with E-state index in [1.165, 1.54) is 0 Å². The highest BCUT2D eigenvalue weighted by Gasteiger charge is 2.44. The Morgan fingerprint density at radius 1 is 1.21 bits per heavy atom. The van der Waals surface area contributed by atoms with Crippen LogP contribution in [-0.4, -0.2) is 74.9 Å². The zero-order valence-electron chi connectivity index (χ0n) is 12.1. The minimum atomic E-state index is -0.532. The lowest BCUT2D eigenvalue weighted by molar-refractivity contribution is -0.138. The van der Waals surface area contributed by atoms with Crippen molar-refractivity contribution >= 4 is 0 Å². The number of likely N-dealkylation sites (N-methyl/N-ethyl adjacent to an activating group) is 1. The van der Waals surface area contributed by atoms with Gasteiger partial charge in [-0.05, 0) is 32.7 Å². The Bertz CT molecular complexity index is 260. The molecule has 2 aliphatic rings. The molecular weight excluding hydrogens is 246 g/mol. The molecule has 5 nitrogen and oxygen atoms in total. The van der Waals surface area contributed by atoms with Gasteiger partial charge in [-0.1, -0.05) is 0 Å². The SMILES string of the molecule is COCCOCCCC1(O)CC2COCC(C1)N2C. The molecule has 0 radical (unpaired) electrons. The Morgan fingerprint density at radius 3 is 2.53 bits per heavy atom. The van der Waals surface area contributed by atoms with Crippen molar-refractivity contribution in [3.63, 3.8) is 0 Å². The zero-order valence-corrected chi connectivity index (χ0v) is 12.1. The van der Waals surface area contributed by atoms with Gasteiger partial charge in [0, 0.05) is 25.8 Å². The second-order valence-corrected chi connectivity index (χ2v) is 5.85. The summed E-state index contributed by atoms with van der Waals surface area (Å²) in [7, 11) is 3.82. The van der Waals surface area contributed by atoms with Gasteiger partial charge in [-0.15, -0.1) is 0 Å². The van der Waals surface area contributed by atoms with Gasteiger partial charge in [0.05, 0.1) is 32.0 Å². The van der Waals surface area contributed by atoms with Crippen LogP contribution in [0, 0.1) is 0 Å². The Balaban J connectivity index is 1.70. The van der Waals surface area contributed by atoms with E-state index in [4.69, 9.17) is 14.2 Å². The van der Waals surface area contributed by atoms with E-state index in [2.05, 4.69) is 11.9 Å². The molecule has 0 spiro atoms. The number of hydrogen-bond acceptors (Lipinski definition) is 5. The molecule has 2 heterocycles. The smallest absolute Gasteiger partial charge is 0.0700 e. The van der Waals surface area contributed by atoms with E-state index in [0.717, 1.165) is 38.9 Å². The van der Waals surface area contributed by atoms with Crippen molar-refractivity contribution in [2.75, 3.05) is 47.2 Å². The third kappa shape index (κ3) is 4.13. The average molecular weight is 273 g/mol. The molecular formula is C14H27NO4. The van der Waals surface area contributed by atoms with Crippen LogP contribution >= 0.6 is 0 Å². The third-order valence-electron chi connectivity index (χ3n) is 4.37. The minimum absolute atomic E-state index is 0.368. The lowest BCUT2D eigenvalue weighted by Gasteiger charge is -2.50. The van der Waals surface area contributed by atoms with Gasteiger partial charge in [0.1, 0.15) is 0 Å². The minimum Gasteiger partial charge on any atom is -0.390 e. The van der Waals surface area contributed by atoms with Crippen LogP contribution in [0.3, 0.4) is 0 Å². The molecule has 0 aromatic carbocycles. The lowest BCUT2D eigenvalue weighted by Crippen LogP contribution is -2.60. The Morgan fingerprint density at radius 2 is 1.89 bits per heavy atom. The number of methoxy groups -OCH3 is 1. The van der Waals surface area contributed by atoms with E-state index in [0.29, 0.717) is 31.9 Å². The summed E-state index contributed by atoms with van der Waals surface area (Å²) in [5.74, 6) is 0. The van der Waals surface area contributed by atoms with Crippen molar-refractivity contribution in [2.45, 2.75) is 43.4 Å². The van der Waals surface area contributed by atoms with Crippen LogP contribution < -0.4 is 0 Å². The monoisotopic (exact) mass is 273 g/mol. The predicted octanol–water partition coefficient (Wildman–Crippen LogP) is 0.654. The van der Waals surface area contributed by atoms with E-state index in [1.807, 2.05) is 0 Å². The summed E-state index contributed by atoms with van der Waals surface area (Å²) in [6, 6.07) is 0.735. The molecule has 2 aliphatic heterocycles. The van der Waals surface area contributed by atoms with Crippen LogP contribution in [0.25, 0.3) is 0 Å². The van der Waals surface area contributed by atoms with Crippen molar-refractivity contribution in [3.8, 4) is 0 Å². The molecule has 2 unspecified atom stereocenters. The van der Waals surface area contributed by atoms with Crippen molar-refractivity contribution in [2.24, 2.45) is 0 Å². The van der Waals surface area contributed by atoms with Crippen molar-refractivity contribution in [1.82, 2.24) is 4.90 Å². The number of nitrogens with zero attached hydrogens (tertiary/aromatic N) is 1. The molecule has 2 atom stereocenters. The first-order chi connectivity index (χ1) is 9.14. The van der Waals surface area contributed by atoms with E-state index < -0.39 is 5.60 Å². The van der Waals surface area contributed by atoms with Gasteiger partial charge in [-0.25, -0.2) is 0 Å². The highest BCUT2D eigenvalue weighted by Crippen LogP contribution is 2.36. The second-order valence-electron chi connectivity index (χ2n) is 5.85. The van der Waals surface area contributed by atoms with Crippen molar-refractivity contribution < 1.29 is 19.3 Å². The molecule has 0 aromatic rings. The van der Waals surface area contributed by atoms with Crippen LogP contribution in [0.15, 0.2) is 0 Å². The zero-order chi connectivity index (χ0) is 13.7. The standard InChI is InChI=1S/C14H27NO4/c1-15-12-8-14(16,9-13(15)11-19-10-12)4-3-5-18-7-6-17-2/h12-13,16H,3-11H2,1-2H3. The van der Waals surface area contributed by atoms with Gasteiger partial charge in [-0.2, -0.15) is 0 Å². The number of piperidine rings is 1. The van der Waals surface area contributed by atoms with Crippen LogP contribution in [-0.2, 0) is 14.2 Å². The summed E-state index contributed by atoms with van der Waals surface area (Å²) in [6.07, 6.45) is 3.36. The van der Waals surface area contributed by atoms with E-state index in [1.54, 1.807) is 7.11 Å². The van der Waals surface area contributed by atoms with E-state index >= 15 is 0 Å². The first kappa shape index (κ1) is 15.2. The maximum Gasteiger partial charge on any atom is 0.0700 e. The number of hydrogen-bond donors (Lipinski definition) is 1.